The number of aromatic nitrogens is 6. The van der Waals surface area contributed by atoms with Crippen LogP contribution in [0, 0.1) is 5.82 Å². The van der Waals surface area contributed by atoms with Crippen LogP contribution in [0.25, 0.3) is 28.2 Å². The second-order valence-corrected chi connectivity index (χ2v) is 10.4. The summed E-state index contributed by atoms with van der Waals surface area (Å²) in [7, 11) is 0. The summed E-state index contributed by atoms with van der Waals surface area (Å²) in [4.78, 5) is 38.8. The van der Waals surface area contributed by atoms with E-state index in [0.29, 0.717) is 40.9 Å². The van der Waals surface area contributed by atoms with Gasteiger partial charge in [0.25, 0.3) is 5.91 Å². The third-order valence-corrected chi connectivity index (χ3v) is 7.27. The van der Waals surface area contributed by atoms with Crippen molar-refractivity contribution in [3.05, 3.63) is 93.5 Å². The molecule has 0 atom stereocenters. The van der Waals surface area contributed by atoms with Crippen LogP contribution < -0.4 is 5.69 Å². The minimum Gasteiger partial charge on any atom is -0.337 e. The second-order valence-electron chi connectivity index (χ2n) is 10.4. The standard InChI is InChI=1S/C29H25F4N7O2/c1-16(2)24-19(5-3-6-20(24)30)25-34-14-21-26(36-25)39(28(42)35-21)15-17-7-9-18(10-8-17)40-22(27(41)38-11-4-12-38)13-23(37-40)29(31,32)33/h3,5-10,13-14,16H,4,11-12,15H2,1-2H3,(H,35,42). The van der Waals surface area contributed by atoms with E-state index in [-0.39, 0.29) is 35.5 Å². The lowest BCUT2D eigenvalue weighted by atomic mass is 9.96. The third-order valence-electron chi connectivity index (χ3n) is 7.27. The molecule has 0 spiro atoms. The normalized spacial score (nSPS) is 13.6. The summed E-state index contributed by atoms with van der Waals surface area (Å²) in [5.74, 6) is -0.747. The quantitative estimate of drug-likeness (QED) is 0.281. The highest BCUT2D eigenvalue weighted by molar-refractivity contribution is 5.93. The lowest BCUT2D eigenvalue weighted by Crippen LogP contribution is -2.42. The lowest BCUT2D eigenvalue weighted by Gasteiger charge is -2.30. The molecule has 0 saturated carbocycles. The number of hydrogen-bond donors (Lipinski definition) is 1. The van der Waals surface area contributed by atoms with E-state index in [9.17, 15) is 27.2 Å². The van der Waals surface area contributed by atoms with Crippen LogP contribution in [-0.2, 0) is 12.7 Å². The number of carbonyl (C=O) groups excluding carboxylic acids is 1. The van der Waals surface area contributed by atoms with Crippen LogP contribution in [0.15, 0.2) is 59.5 Å². The van der Waals surface area contributed by atoms with Gasteiger partial charge in [0.2, 0.25) is 0 Å². The summed E-state index contributed by atoms with van der Waals surface area (Å²) in [5, 5.41) is 3.68. The van der Waals surface area contributed by atoms with E-state index >= 15 is 0 Å². The fraction of sp³-hybridized carbons (Fsp3) is 0.276. The number of benzene rings is 2. The van der Waals surface area contributed by atoms with E-state index < -0.39 is 23.5 Å². The number of carbonyl (C=O) groups is 1. The average Bonchev–Trinajstić information content (AvgIpc) is 3.49. The molecule has 1 fully saturated rings. The van der Waals surface area contributed by atoms with Gasteiger partial charge >= 0.3 is 11.9 Å². The minimum atomic E-state index is -4.71. The molecule has 1 N–H and O–H groups in total. The van der Waals surface area contributed by atoms with Gasteiger partial charge in [0.05, 0.1) is 18.4 Å². The van der Waals surface area contributed by atoms with E-state index in [1.165, 1.54) is 33.9 Å². The summed E-state index contributed by atoms with van der Waals surface area (Å²) >= 11 is 0. The topological polar surface area (TPSA) is 102 Å². The summed E-state index contributed by atoms with van der Waals surface area (Å²) < 4.78 is 57.4. The zero-order valence-electron chi connectivity index (χ0n) is 22.6. The summed E-state index contributed by atoms with van der Waals surface area (Å²) in [6, 6.07) is 11.8. The van der Waals surface area contributed by atoms with E-state index in [1.807, 2.05) is 13.8 Å². The van der Waals surface area contributed by atoms with Gasteiger partial charge in [-0.1, -0.05) is 38.1 Å². The molecule has 6 rings (SSSR count). The molecule has 5 aromatic rings. The Bertz CT molecular complexity index is 1870. The molecule has 1 saturated heterocycles. The molecular formula is C29H25F4N7O2. The Balaban J connectivity index is 1.34. The van der Waals surface area contributed by atoms with Crippen LogP contribution in [0.4, 0.5) is 17.6 Å². The average molecular weight is 580 g/mol. The highest BCUT2D eigenvalue weighted by Gasteiger charge is 2.37. The summed E-state index contributed by atoms with van der Waals surface area (Å²) in [5.41, 5.74) is 0.850. The molecule has 13 heteroatoms. The van der Waals surface area contributed by atoms with Crippen molar-refractivity contribution in [1.29, 1.82) is 0 Å². The maximum Gasteiger partial charge on any atom is 0.435 e. The Morgan fingerprint density at radius 1 is 1.10 bits per heavy atom. The molecule has 3 aromatic heterocycles. The van der Waals surface area contributed by atoms with Crippen LogP contribution in [-0.4, -0.2) is 53.2 Å². The number of alkyl halides is 3. The first-order valence-electron chi connectivity index (χ1n) is 13.3. The number of halogens is 4. The molecular weight excluding hydrogens is 554 g/mol. The predicted octanol–water partition coefficient (Wildman–Crippen LogP) is 5.15. The van der Waals surface area contributed by atoms with Gasteiger partial charge in [0, 0.05) is 30.3 Å². The van der Waals surface area contributed by atoms with Crippen molar-refractivity contribution in [2.24, 2.45) is 0 Å². The van der Waals surface area contributed by atoms with Gasteiger partial charge in [-0.25, -0.2) is 23.8 Å². The van der Waals surface area contributed by atoms with Gasteiger partial charge in [0.1, 0.15) is 17.0 Å². The van der Waals surface area contributed by atoms with Crippen molar-refractivity contribution < 1.29 is 22.4 Å². The van der Waals surface area contributed by atoms with Crippen molar-refractivity contribution in [3.8, 4) is 17.1 Å². The fourth-order valence-corrected chi connectivity index (χ4v) is 5.02. The Kier molecular flexibility index (Phi) is 6.66. The first-order valence-corrected chi connectivity index (χ1v) is 13.3. The number of nitrogens with one attached hydrogen (secondary N) is 1. The largest absolute Gasteiger partial charge is 0.435 e. The number of nitrogens with zero attached hydrogens (tertiary/aromatic N) is 6. The highest BCUT2D eigenvalue weighted by atomic mass is 19.4. The van der Waals surface area contributed by atoms with Gasteiger partial charge in [-0.3, -0.25) is 9.36 Å². The van der Waals surface area contributed by atoms with Crippen molar-refractivity contribution in [2.45, 2.75) is 38.9 Å². The van der Waals surface area contributed by atoms with Crippen LogP contribution >= 0.6 is 0 Å². The number of likely N-dealkylation sites (tertiary alicyclic amines) is 1. The van der Waals surface area contributed by atoms with E-state index in [4.69, 9.17) is 0 Å². The van der Waals surface area contributed by atoms with Gasteiger partial charge in [-0.2, -0.15) is 18.3 Å². The van der Waals surface area contributed by atoms with Gasteiger partial charge in [-0.05, 0) is 36.1 Å². The predicted molar refractivity (Wildman–Crippen MR) is 146 cm³/mol. The number of amides is 1. The molecule has 0 bridgehead atoms. The Morgan fingerprint density at radius 2 is 1.83 bits per heavy atom. The first-order chi connectivity index (χ1) is 20.0. The highest BCUT2D eigenvalue weighted by Crippen LogP contribution is 2.31. The summed E-state index contributed by atoms with van der Waals surface area (Å²) in [6.07, 6.45) is -2.45. The maximum atomic E-state index is 14.6. The molecule has 42 heavy (non-hydrogen) atoms. The lowest BCUT2D eigenvalue weighted by molar-refractivity contribution is -0.141. The Hall–Kier alpha value is -4.81. The fourth-order valence-electron chi connectivity index (χ4n) is 5.02. The Morgan fingerprint density at radius 3 is 2.48 bits per heavy atom. The van der Waals surface area contributed by atoms with E-state index in [0.717, 1.165) is 17.2 Å². The summed E-state index contributed by atoms with van der Waals surface area (Å²) in [6.45, 7) is 4.78. The van der Waals surface area contributed by atoms with E-state index in [2.05, 4.69) is 20.1 Å². The molecule has 1 aliphatic heterocycles. The van der Waals surface area contributed by atoms with Crippen molar-refractivity contribution in [3.63, 3.8) is 0 Å². The zero-order chi connectivity index (χ0) is 29.8. The minimum absolute atomic E-state index is 0.0855. The number of imidazole rings is 1. The third kappa shape index (κ3) is 4.84. The first kappa shape index (κ1) is 27.4. The number of rotatable bonds is 6. The smallest absolute Gasteiger partial charge is 0.337 e. The van der Waals surface area contributed by atoms with Crippen molar-refractivity contribution in [2.75, 3.05) is 13.1 Å². The van der Waals surface area contributed by atoms with Crippen LogP contribution in [0.5, 0.6) is 0 Å². The zero-order valence-corrected chi connectivity index (χ0v) is 22.6. The number of hydrogen-bond acceptors (Lipinski definition) is 5. The van der Waals surface area contributed by atoms with Gasteiger partial charge in [0.15, 0.2) is 17.2 Å². The molecule has 0 radical (unpaired) electrons. The molecule has 4 heterocycles. The molecule has 1 amide bonds. The monoisotopic (exact) mass is 579 g/mol. The SMILES string of the molecule is CC(C)c1c(F)cccc1-c1ncc2[nH]c(=O)n(Cc3ccc(-n4nc(C(F)(F)F)cc4C(=O)N4CCC4)cc3)c2n1. The van der Waals surface area contributed by atoms with Crippen LogP contribution in [0.3, 0.4) is 0 Å². The molecule has 0 unspecified atom stereocenters. The second kappa shape index (κ2) is 10.2. The van der Waals surface area contributed by atoms with Gasteiger partial charge < -0.3 is 9.88 Å². The molecule has 2 aromatic carbocycles. The molecule has 0 aliphatic carbocycles. The molecule has 1 aliphatic rings. The van der Waals surface area contributed by atoms with Gasteiger partial charge in [-0.15, -0.1) is 0 Å². The maximum absolute atomic E-state index is 14.6. The van der Waals surface area contributed by atoms with Crippen LogP contribution in [0.2, 0.25) is 0 Å². The number of aromatic amines is 1. The van der Waals surface area contributed by atoms with E-state index in [1.54, 1.807) is 24.3 Å². The Labute approximate surface area is 236 Å². The van der Waals surface area contributed by atoms with Crippen molar-refractivity contribution >= 4 is 17.1 Å². The van der Waals surface area contributed by atoms with Crippen molar-refractivity contribution in [1.82, 2.24) is 34.2 Å². The molecule has 216 valence electrons. The van der Waals surface area contributed by atoms with Crippen LogP contribution in [0.1, 0.15) is 53.5 Å². The number of fused-ring (bicyclic) bond motifs is 1. The molecule has 9 nitrogen and oxygen atoms in total. The number of H-pyrrole nitrogens is 1.